The Labute approximate surface area is 142 Å². The minimum absolute atomic E-state index is 0.0937. The molecule has 2 amide bonds. The third-order valence-electron chi connectivity index (χ3n) is 3.43. The van der Waals surface area contributed by atoms with Crippen LogP contribution in [-0.4, -0.2) is 43.2 Å². The van der Waals surface area contributed by atoms with Crippen LogP contribution in [0.2, 0.25) is 0 Å². The van der Waals surface area contributed by atoms with Crippen molar-refractivity contribution in [2.24, 2.45) is 11.7 Å². The number of amides is 2. The largest absolute Gasteiger partial charge is 0.383 e. The number of aliphatic hydroxyl groups is 1. The number of hydrogen-bond acceptors (Lipinski definition) is 5. The second-order valence-corrected chi connectivity index (χ2v) is 8.14. The smallest absolute Gasteiger partial charge is 0.249 e. The van der Waals surface area contributed by atoms with Gasteiger partial charge in [-0.1, -0.05) is 32.0 Å². The van der Waals surface area contributed by atoms with E-state index in [0.29, 0.717) is 0 Å². The topological polar surface area (TPSA) is 127 Å². The highest BCUT2D eigenvalue weighted by Gasteiger charge is 2.25. The maximum Gasteiger partial charge on any atom is 0.249 e. The molecule has 0 fully saturated rings. The van der Waals surface area contributed by atoms with Crippen molar-refractivity contribution in [3.63, 3.8) is 0 Å². The summed E-state index contributed by atoms with van der Waals surface area (Å²) in [6.45, 7) is 3.68. The van der Waals surface area contributed by atoms with E-state index in [4.69, 9.17) is 5.73 Å². The van der Waals surface area contributed by atoms with Gasteiger partial charge >= 0.3 is 0 Å². The van der Waals surface area contributed by atoms with Gasteiger partial charge in [0.25, 0.3) is 0 Å². The van der Waals surface area contributed by atoms with Crippen molar-refractivity contribution < 1.29 is 23.1 Å². The molecule has 8 heteroatoms. The first-order chi connectivity index (χ1) is 11.1. The van der Waals surface area contributed by atoms with Crippen molar-refractivity contribution in [3.05, 3.63) is 30.3 Å². The molecule has 1 rings (SSSR count). The second-order valence-electron chi connectivity index (χ2n) is 6.03. The number of sulfone groups is 1. The van der Waals surface area contributed by atoms with Gasteiger partial charge in [-0.15, -0.1) is 0 Å². The number of carbonyl (C=O) groups is 2. The number of primary amides is 1. The molecule has 0 aliphatic carbocycles. The van der Waals surface area contributed by atoms with E-state index in [1.54, 1.807) is 18.2 Å². The molecule has 0 heterocycles. The van der Waals surface area contributed by atoms with Crippen molar-refractivity contribution in [1.82, 2.24) is 5.32 Å². The normalized spacial score (nSPS) is 14.2. The molecular weight excluding hydrogens is 332 g/mol. The quantitative estimate of drug-likeness (QED) is 0.584. The maximum absolute atomic E-state index is 12.2. The summed E-state index contributed by atoms with van der Waals surface area (Å²) in [5.41, 5.74) is 5.22. The average molecular weight is 356 g/mol. The minimum Gasteiger partial charge on any atom is -0.383 e. The Morgan fingerprint density at radius 1 is 1.21 bits per heavy atom. The standard InChI is InChI=1S/C16H24N2O5S/c1-11(2)10-14(19)16(21)18-13(15(17)20)8-9-24(22,23)12-6-4-3-5-7-12/h3-7,11,13-14,19H,8-10H2,1-2H3,(H2,17,20)(H,18,21)/t13-,14+/m0/s1. The van der Waals surface area contributed by atoms with Crippen molar-refractivity contribution in [1.29, 1.82) is 0 Å². The summed E-state index contributed by atoms with van der Waals surface area (Å²) in [6, 6.07) is 6.66. The predicted octanol–water partition coefficient (Wildman–Crippen LogP) is 0.228. The van der Waals surface area contributed by atoms with Crippen LogP contribution in [0.4, 0.5) is 0 Å². The number of hydrogen-bond donors (Lipinski definition) is 3. The molecule has 2 atom stereocenters. The highest BCUT2D eigenvalue weighted by molar-refractivity contribution is 7.91. The van der Waals surface area contributed by atoms with E-state index in [9.17, 15) is 23.1 Å². The van der Waals surface area contributed by atoms with Gasteiger partial charge in [-0.05, 0) is 30.9 Å². The molecule has 0 bridgehead atoms. The molecule has 0 saturated heterocycles. The van der Waals surface area contributed by atoms with Crippen LogP contribution in [0.3, 0.4) is 0 Å². The predicted molar refractivity (Wildman–Crippen MR) is 89.7 cm³/mol. The van der Waals surface area contributed by atoms with Gasteiger partial charge in [-0.2, -0.15) is 0 Å². The molecule has 0 radical (unpaired) electrons. The van der Waals surface area contributed by atoms with Gasteiger partial charge < -0.3 is 16.2 Å². The summed E-state index contributed by atoms with van der Waals surface area (Å²) in [6.07, 6.45) is -1.19. The van der Waals surface area contributed by atoms with E-state index in [1.165, 1.54) is 12.1 Å². The van der Waals surface area contributed by atoms with Crippen LogP contribution >= 0.6 is 0 Å². The van der Waals surface area contributed by atoms with Crippen molar-refractivity contribution >= 4 is 21.7 Å². The molecule has 0 unspecified atom stereocenters. The van der Waals surface area contributed by atoms with Gasteiger partial charge in [0.05, 0.1) is 10.6 Å². The maximum atomic E-state index is 12.2. The second kappa shape index (κ2) is 8.79. The summed E-state index contributed by atoms with van der Waals surface area (Å²) in [4.78, 5) is 23.5. The summed E-state index contributed by atoms with van der Waals surface area (Å²) >= 11 is 0. The number of aliphatic hydroxyl groups excluding tert-OH is 1. The van der Waals surface area contributed by atoms with Gasteiger partial charge in [0.15, 0.2) is 9.84 Å². The number of benzene rings is 1. The SMILES string of the molecule is CC(C)C[C@@H](O)C(=O)N[C@@H](CCS(=O)(=O)c1ccccc1)C(N)=O. The van der Waals surface area contributed by atoms with Crippen LogP contribution < -0.4 is 11.1 Å². The fourth-order valence-electron chi connectivity index (χ4n) is 2.13. The van der Waals surface area contributed by atoms with Crippen LogP contribution in [0.5, 0.6) is 0 Å². The number of rotatable bonds is 9. The van der Waals surface area contributed by atoms with Crippen molar-refractivity contribution in [2.75, 3.05) is 5.75 Å². The summed E-state index contributed by atoms with van der Waals surface area (Å²) in [5.74, 6) is -1.82. The van der Waals surface area contributed by atoms with E-state index in [-0.39, 0.29) is 29.4 Å². The molecular formula is C16H24N2O5S. The van der Waals surface area contributed by atoms with Gasteiger partial charge in [-0.3, -0.25) is 9.59 Å². The Morgan fingerprint density at radius 2 is 1.79 bits per heavy atom. The monoisotopic (exact) mass is 356 g/mol. The first-order valence-electron chi connectivity index (χ1n) is 7.69. The molecule has 4 N–H and O–H groups in total. The lowest BCUT2D eigenvalue weighted by Gasteiger charge is -2.19. The first-order valence-corrected chi connectivity index (χ1v) is 9.34. The number of carbonyl (C=O) groups excluding carboxylic acids is 2. The lowest BCUT2D eigenvalue weighted by molar-refractivity contribution is -0.133. The fourth-order valence-corrected chi connectivity index (χ4v) is 3.48. The molecule has 7 nitrogen and oxygen atoms in total. The van der Waals surface area contributed by atoms with Crippen LogP contribution in [0.25, 0.3) is 0 Å². The van der Waals surface area contributed by atoms with Crippen LogP contribution in [0.1, 0.15) is 26.7 Å². The highest BCUT2D eigenvalue weighted by Crippen LogP contribution is 2.12. The molecule has 0 aromatic heterocycles. The zero-order chi connectivity index (χ0) is 18.3. The lowest BCUT2D eigenvalue weighted by Crippen LogP contribution is -2.49. The summed E-state index contributed by atoms with van der Waals surface area (Å²) < 4.78 is 24.4. The molecule has 0 spiro atoms. The lowest BCUT2D eigenvalue weighted by atomic mass is 10.1. The fraction of sp³-hybridized carbons (Fsp3) is 0.500. The van der Waals surface area contributed by atoms with Gasteiger partial charge in [0.1, 0.15) is 12.1 Å². The average Bonchev–Trinajstić information content (AvgIpc) is 2.51. The molecule has 24 heavy (non-hydrogen) atoms. The van der Waals surface area contributed by atoms with Gasteiger partial charge in [0.2, 0.25) is 11.8 Å². The highest BCUT2D eigenvalue weighted by atomic mass is 32.2. The van der Waals surface area contributed by atoms with Crippen LogP contribution in [0, 0.1) is 5.92 Å². The minimum atomic E-state index is -3.59. The molecule has 134 valence electrons. The first kappa shape index (κ1) is 20.1. The van der Waals surface area contributed by atoms with Crippen LogP contribution in [0.15, 0.2) is 35.2 Å². The Morgan fingerprint density at radius 3 is 2.29 bits per heavy atom. The Hall–Kier alpha value is -1.93. The Balaban J connectivity index is 2.70. The zero-order valence-electron chi connectivity index (χ0n) is 13.8. The van der Waals surface area contributed by atoms with E-state index >= 15 is 0 Å². The number of nitrogens with one attached hydrogen (secondary N) is 1. The Kier molecular flexibility index (Phi) is 7.37. The third kappa shape index (κ3) is 6.29. The van der Waals surface area contributed by atoms with E-state index < -0.39 is 33.8 Å². The summed E-state index contributed by atoms with van der Waals surface area (Å²) in [5, 5.41) is 12.1. The molecule has 0 aliphatic heterocycles. The molecule has 1 aromatic rings. The van der Waals surface area contributed by atoms with E-state index in [0.717, 1.165) is 0 Å². The third-order valence-corrected chi connectivity index (χ3v) is 5.20. The van der Waals surface area contributed by atoms with Gasteiger partial charge in [-0.25, -0.2) is 8.42 Å². The van der Waals surface area contributed by atoms with Crippen LogP contribution in [-0.2, 0) is 19.4 Å². The molecule has 1 aromatic carbocycles. The molecule has 0 aliphatic rings. The van der Waals surface area contributed by atoms with Crippen molar-refractivity contribution in [2.45, 2.75) is 43.7 Å². The van der Waals surface area contributed by atoms with Crippen molar-refractivity contribution in [3.8, 4) is 0 Å². The van der Waals surface area contributed by atoms with E-state index in [1.807, 2.05) is 13.8 Å². The molecule has 0 saturated carbocycles. The van der Waals surface area contributed by atoms with Gasteiger partial charge in [0, 0.05) is 0 Å². The van der Waals surface area contributed by atoms with E-state index in [2.05, 4.69) is 5.32 Å². The number of nitrogens with two attached hydrogens (primary N) is 1. The summed E-state index contributed by atoms with van der Waals surface area (Å²) in [7, 11) is -3.59. The zero-order valence-corrected chi connectivity index (χ0v) is 14.6. The Bertz CT molecular complexity index is 658.